The molecule has 90 valence electrons. The second-order valence-corrected chi connectivity index (χ2v) is 5.46. The van der Waals surface area contributed by atoms with Gasteiger partial charge >= 0.3 is 0 Å². The lowest BCUT2D eigenvalue weighted by Gasteiger charge is -2.20. The third kappa shape index (κ3) is 2.75. The summed E-state index contributed by atoms with van der Waals surface area (Å²) in [5.41, 5.74) is 1.000. The van der Waals surface area contributed by atoms with Crippen molar-refractivity contribution in [2.24, 2.45) is 10.9 Å². The first-order chi connectivity index (χ1) is 8.08. The van der Waals surface area contributed by atoms with E-state index in [-0.39, 0.29) is 12.5 Å². The van der Waals surface area contributed by atoms with E-state index in [0.717, 1.165) is 22.4 Å². The van der Waals surface area contributed by atoms with E-state index in [2.05, 4.69) is 34.8 Å². The van der Waals surface area contributed by atoms with Gasteiger partial charge in [0.2, 0.25) is 5.91 Å². The molecular weight excluding hydrogens is 280 g/mol. The van der Waals surface area contributed by atoms with Crippen molar-refractivity contribution in [2.75, 3.05) is 13.1 Å². The van der Waals surface area contributed by atoms with Crippen molar-refractivity contribution in [2.45, 2.75) is 13.8 Å². The van der Waals surface area contributed by atoms with Crippen molar-refractivity contribution in [3.63, 3.8) is 0 Å². The first-order valence-corrected chi connectivity index (χ1v) is 6.48. The molecule has 0 saturated carbocycles. The second-order valence-electron chi connectivity index (χ2n) is 4.54. The third-order valence-electron chi connectivity index (χ3n) is 2.57. The molecule has 1 aromatic rings. The molecule has 0 aromatic heterocycles. The topological polar surface area (TPSA) is 32.7 Å². The van der Waals surface area contributed by atoms with Gasteiger partial charge in [0.15, 0.2) is 0 Å². The lowest BCUT2D eigenvalue weighted by molar-refractivity contribution is -0.125. The van der Waals surface area contributed by atoms with Crippen LogP contribution in [0.4, 0.5) is 0 Å². The summed E-state index contributed by atoms with van der Waals surface area (Å²) in [5.74, 6) is 1.34. The predicted octanol–water partition coefficient (Wildman–Crippen LogP) is 2.69. The number of amides is 1. The smallest absolute Gasteiger partial charge is 0.249 e. The monoisotopic (exact) mass is 294 g/mol. The van der Waals surface area contributed by atoms with E-state index in [9.17, 15) is 4.79 Å². The Balaban J connectivity index is 2.25. The number of nitrogens with zero attached hydrogens (tertiary/aromatic N) is 2. The summed E-state index contributed by atoms with van der Waals surface area (Å²) in [5, 5.41) is 0. The first kappa shape index (κ1) is 12.3. The lowest BCUT2D eigenvalue weighted by Crippen LogP contribution is -2.36. The first-order valence-electron chi connectivity index (χ1n) is 5.68. The van der Waals surface area contributed by atoms with Crippen LogP contribution in [0, 0.1) is 5.92 Å². The fraction of sp³-hybridized carbons (Fsp3) is 0.385. The average Bonchev–Trinajstić information content (AvgIpc) is 2.61. The molecule has 1 aliphatic rings. The van der Waals surface area contributed by atoms with Crippen molar-refractivity contribution < 1.29 is 4.79 Å². The van der Waals surface area contributed by atoms with Gasteiger partial charge < -0.3 is 0 Å². The third-order valence-corrected chi connectivity index (χ3v) is 3.10. The van der Waals surface area contributed by atoms with Crippen molar-refractivity contribution in [3.05, 3.63) is 34.3 Å². The molecule has 0 saturated heterocycles. The van der Waals surface area contributed by atoms with E-state index in [1.807, 2.05) is 24.3 Å². The summed E-state index contributed by atoms with van der Waals surface area (Å²) in [6.45, 7) is 5.21. The Bertz CT molecular complexity index is 451. The van der Waals surface area contributed by atoms with E-state index in [0.29, 0.717) is 5.92 Å². The SMILES string of the molecule is CC(C)CN1C(=O)CN=C1c1ccc(Br)cc1. The summed E-state index contributed by atoms with van der Waals surface area (Å²) in [7, 11) is 0. The second kappa shape index (κ2) is 5.00. The highest BCUT2D eigenvalue weighted by Gasteiger charge is 2.26. The molecule has 0 bridgehead atoms. The number of halogens is 1. The van der Waals surface area contributed by atoms with Gasteiger partial charge in [0.05, 0.1) is 0 Å². The van der Waals surface area contributed by atoms with E-state index in [1.165, 1.54) is 0 Å². The zero-order chi connectivity index (χ0) is 12.4. The van der Waals surface area contributed by atoms with Crippen LogP contribution in [-0.2, 0) is 4.79 Å². The van der Waals surface area contributed by atoms with Crippen LogP contribution in [-0.4, -0.2) is 29.7 Å². The Morgan fingerprint density at radius 3 is 2.59 bits per heavy atom. The van der Waals surface area contributed by atoms with Crippen LogP contribution in [0.1, 0.15) is 19.4 Å². The van der Waals surface area contributed by atoms with Crippen molar-refractivity contribution in [1.82, 2.24) is 4.90 Å². The molecule has 0 atom stereocenters. The Labute approximate surface area is 110 Å². The van der Waals surface area contributed by atoms with Gasteiger partial charge in [-0.1, -0.05) is 41.9 Å². The maximum absolute atomic E-state index is 11.8. The minimum atomic E-state index is 0.0941. The molecule has 1 aromatic carbocycles. The molecule has 0 unspecified atom stereocenters. The number of hydrogen-bond donors (Lipinski definition) is 0. The standard InChI is InChI=1S/C13H15BrN2O/c1-9(2)8-16-12(17)7-15-13(16)10-3-5-11(14)6-4-10/h3-6,9H,7-8H2,1-2H3. The molecule has 1 heterocycles. The summed E-state index contributed by atoms with van der Waals surface area (Å²) in [6.07, 6.45) is 0. The molecule has 4 heteroatoms. The summed E-state index contributed by atoms with van der Waals surface area (Å²) < 4.78 is 1.03. The van der Waals surface area contributed by atoms with Crippen molar-refractivity contribution >= 4 is 27.7 Å². The van der Waals surface area contributed by atoms with Crippen LogP contribution in [0.5, 0.6) is 0 Å². The highest BCUT2D eigenvalue weighted by Crippen LogP contribution is 2.17. The Kier molecular flexibility index (Phi) is 3.62. The fourth-order valence-corrected chi connectivity index (χ4v) is 2.10. The van der Waals surface area contributed by atoms with Gasteiger partial charge in [-0.05, 0) is 18.1 Å². The molecule has 0 aliphatic carbocycles. The van der Waals surface area contributed by atoms with Gasteiger partial charge in [-0.25, -0.2) is 0 Å². The molecule has 1 aliphatic heterocycles. The molecule has 0 N–H and O–H groups in total. The average molecular weight is 295 g/mol. The zero-order valence-electron chi connectivity index (χ0n) is 9.98. The van der Waals surface area contributed by atoms with Crippen LogP contribution in [0.25, 0.3) is 0 Å². The van der Waals surface area contributed by atoms with Gasteiger partial charge in [-0.3, -0.25) is 14.7 Å². The summed E-state index contributed by atoms with van der Waals surface area (Å²) in [6, 6.07) is 7.89. The molecule has 17 heavy (non-hydrogen) atoms. The minimum Gasteiger partial charge on any atom is -0.295 e. The molecule has 0 radical (unpaired) electrons. The minimum absolute atomic E-state index is 0.0941. The normalized spacial score (nSPS) is 15.6. The maximum atomic E-state index is 11.8. The van der Waals surface area contributed by atoms with Gasteiger partial charge in [0.25, 0.3) is 0 Å². The van der Waals surface area contributed by atoms with Crippen LogP contribution in [0.15, 0.2) is 33.7 Å². The zero-order valence-corrected chi connectivity index (χ0v) is 11.6. The number of carbonyl (C=O) groups excluding carboxylic acids is 1. The Hall–Kier alpha value is -1.16. The maximum Gasteiger partial charge on any atom is 0.249 e. The molecular formula is C13H15BrN2O. The Morgan fingerprint density at radius 1 is 1.35 bits per heavy atom. The van der Waals surface area contributed by atoms with Gasteiger partial charge in [0.1, 0.15) is 12.4 Å². The summed E-state index contributed by atoms with van der Waals surface area (Å²) >= 11 is 3.40. The van der Waals surface area contributed by atoms with E-state index in [1.54, 1.807) is 4.90 Å². The van der Waals surface area contributed by atoms with Gasteiger partial charge in [0, 0.05) is 16.6 Å². The molecule has 3 nitrogen and oxygen atoms in total. The number of amidine groups is 1. The van der Waals surface area contributed by atoms with Gasteiger partial charge in [-0.15, -0.1) is 0 Å². The van der Waals surface area contributed by atoms with Crippen molar-refractivity contribution in [3.8, 4) is 0 Å². The number of carbonyl (C=O) groups is 1. The lowest BCUT2D eigenvalue weighted by atomic mass is 10.1. The predicted molar refractivity (Wildman–Crippen MR) is 72.1 cm³/mol. The van der Waals surface area contributed by atoms with Crippen LogP contribution >= 0.6 is 15.9 Å². The fourth-order valence-electron chi connectivity index (χ4n) is 1.83. The largest absolute Gasteiger partial charge is 0.295 e. The van der Waals surface area contributed by atoms with Crippen molar-refractivity contribution in [1.29, 1.82) is 0 Å². The van der Waals surface area contributed by atoms with E-state index in [4.69, 9.17) is 0 Å². The number of aliphatic imine (C=N–C) groups is 1. The quantitative estimate of drug-likeness (QED) is 0.844. The summed E-state index contributed by atoms with van der Waals surface area (Å²) in [4.78, 5) is 17.9. The van der Waals surface area contributed by atoms with Crippen LogP contribution in [0.3, 0.4) is 0 Å². The highest BCUT2D eigenvalue weighted by atomic mass is 79.9. The van der Waals surface area contributed by atoms with Crippen LogP contribution < -0.4 is 0 Å². The van der Waals surface area contributed by atoms with E-state index >= 15 is 0 Å². The Morgan fingerprint density at radius 2 is 2.00 bits per heavy atom. The molecule has 2 rings (SSSR count). The van der Waals surface area contributed by atoms with E-state index < -0.39 is 0 Å². The molecule has 0 fully saturated rings. The van der Waals surface area contributed by atoms with Gasteiger partial charge in [-0.2, -0.15) is 0 Å². The molecule has 0 spiro atoms. The van der Waals surface area contributed by atoms with Crippen LogP contribution in [0.2, 0.25) is 0 Å². The molecule has 1 amide bonds. The highest BCUT2D eigenvalue weighted by molar-refractivity contribution is 9.10. The number of hydrogen-bond acceptors (Lipinski definition) is 2. The number of rotatable bonds is 3. The number of benzene rings is 1.